The molecule has 0 atom stereocenters. The summed E-state index contributed by atoms with van der Waals surface area (Å²) in [6, 6.07) is 4.63. The average Bonchev–Trinajstić information content (AvgIpc) is 2.86. The first-order valence-corrected chi connectivity index (χ1v) is 12.1. The van der Waals surface area contributed by atoms with Gasteiger partial charge in [-0.05, 0) is 73.8 Å². The van der Waals surface area contributed by atoms with Crippen LogP contribution in [0.1, 0.15) is 49.7 Å². The van der Waals surface area contributed by atoms with Crippen LogP contribution in [0.5, 0.6) is 5.75 Å². The average molecular weight is 544 g/mol. The number of hydrogen-bond acceptors (Lipinski definition) is 2. The number of ether oxygens (including phenoxy) is 2. The van der Waals surface area contributed by atoms with Crippen LogP contribution in [-0.2, 0) is 10.8 Å². The molecule has 1 fully saturated rings. The number of benzene rings is 3. The first kappa shape index (κ1) is 27.9. The maximum absolute atomic E-state index is 14.9. The van der Waals surface area contributed by atoms with Crippen LogP contribution in [0.3, 0.4) is 0 Å². The number of halogens is 8. The molecule has 38 heavy (non-hydrogen) atoms. The van der Waals surface area contributed by atoms with Crippen LogP contribution in [0.25, 0.3) is 11.1 Å². The highest BCUT2D eigenvalue weighted by Gasteiger charge is 2.40. The lowest BCUT2D eigenvalue weighted by Gasteiger charge is -2.29. The molecule has 0 amide bonds. The molecule has 0 N–H and O–H groups in total. The lowest BCUT2D eigenvalue weighted by Crippen LogP contribution is -2.25. The van der Waals surface area contributed by atoms with Gasteiger partial charge in [0.2, 0.25) is 0 Å². The highest BCUT2D eigenvalue weighted by atomic mass is 19.3. The molecule has 0 radical (unpaired) electrons. The third-order valence-corrected chi connectivity index (χ3v) is 6.74. The highest BCUT2D eigenvalue weighted by molar-refractivity contribution is 5.66. The van der Waals surface area contributed by atoms with E-state index in [2.05, 4.69) is 4.74 Å². The van der Waals surface area contributed by atoms with Crippen molar-refractivity contribution in [3.8, 4) is 16.9 Å². The normalized spacial score (nSPS) is 18.0. The Labute approximate surface area is 214 Å². The Hall–Kier alpha value is -3.14. The summed E-state index contributed by atoms with van der Waals surface area (Å²) in [5.41, 5.74) is -2.65. The van der Waals surface area contributed by atoms with Crippen LogP contribution >= 0.6 is 0 Å². The van der Waals surface area contributed by atoms with Gasteiger partial charge in [-0.1, -0.05) is 12.1 Å². The van der Waals surface area contributed by atoms with Gasteiger partial charge >= 0.3 is 6.11 Å². The van der Waals surface area contributed by atoms with Gasteiger partial charge in [0.25, 0.3) is 0 Å². The summed E-state index contributed by atoms with van der Waals surface area (Å²) in [5.74, 6) is -9.76. The summed E-state index contributed by atoms with van der Waals surface area (Å²) < 4.78 is 125. The topological polar surface area (TPSA) is 18.5 Å². The van der Waals surface area contributed by atoms with E-state index in [1.807, 2.05) is 6.92 Å². The smallest absolute Gasteiger partial charge is 0.429 e. The van der Waals surface area contributed by atoms with Crippen molar-refractivity contribution in [1.29, 1.82) is 0 Å². The maximum atomic E-state index is 14.9. The van der Waals surface area contributed by atoms with Crippen molar-refractivity contribution >= 4 is 0 Å². The van der Waals surface area contributed by atoms with Gasteiger partial charge in [-0.2, -0.15) is 8.78 Å². The van der Waals surface area contributed by atoms with Gasteiger partial charge in [-0.3, -0.25) is 0 Å². The van der Waals surface area contributed by atoms with E-state index in [9.17, 15) is 35.1 Å². The van der Waals surface area contributed by atoms with Gasteiger partial charge < -0.3 is 9.47 Å². The minimum absolute atomic E-state index is 0.0233. The molecule has 0 spiro atoms. The van der Waals surface area contributed by atoms with E-state index in [4.69, 9.17) is 4.74 Å². The van der Waals surface area contributed by atoms with E-state index in [1.54, 1.807) is 0 Å². The number of rotatable bonds is 8. The molecule has 4 rings (SSSR count). The summed E-state index contributed by atoms with van der Waals surface area (Å²) in [6.45, 7) is 3.03. The summed E-state index contributed by atoms with van der Waals surface area (Å²) >= 11 is 0. The number of alkyl halides is 2. The van der Waals surface area contributed by atoms with Crippen LogP contribution in [0.2, 0.25) is 0 Å². The van der Waals surface area contributed by atoms with Crippen molar-refractivity contribution < 1.29 is 44.6 Å². The van der Waals surface area contributed by atoms with Crippen molar-refractivity contribution in [3.05, 3.63) is 88.5 Å². The van der Waals surface area contributed by atoms with Crippen LogP contribution in [0.15, 0.2) is 42.5 Å². The Morgan fingerprint density at radius 3 is 2.03 bits per heavy atom. The Kier molecular flexibility index (Phi) is 8.30. The van der Waals surface area contributed by atoms with E-state index in [1.165, 1.54) is 0 Å². The van der Waals surface area contributed by atoms with E-state index in [0.717, 1.165) is 25.0 Å². The van der Waals surface area contributed by atoms with Crippen molar-refractivity contribution in [3.63, 3.8) is 0 Å². The van der Waals surface area contributed by atoms with Gasteiger partial charge in [-0.15, -0.1) is 0 Å². The molecule has 10 heteroatoms. The highest BCUT2D eigenvalue weighted by Crippen LogP contribution is 2.41. The van der Waals surface area contributed by atoms with Crippen LogP contribution in [-0.4, -0.2) is 13.2 Å². The monoisotopic (exact) mass is 544 g/mol. The van der Waals surface area contributed by atoms with Crippen molar-refractivity contribution in [2.75, 3.05) is 13.2 Å². The fourth-order valence-electron chi connectivity index (χ4n) is 4.77. The first-order valence-electron chi connectivity index (χ1n) is 12.1. The molecule has 1 aliphatic carbocycles. The quantitative estimate of drug-likeness (QED) is 0.264. The Bertz CT molecular complexity index is 1280. The summed E-state index contributed by atoms with van der Waals surface area (Å²) in [5, 5.41) is 0. The summed E-state index contributed by atoms with van der Waals surface area (Å²) in [7, 11) is 0. The number of hydrogen-bond donors (Lipinski definition) is 0. The van der Waals surface area contributed by atoms with Crippen LogP contribution in [0.4, 0.5) is 35.1 Å². The van der Waals surface area contributed by atoms with Crippen molar-refractivity contribution in [2.24, 2.45) is 5.92 Å². The first-order chi connectivity index (χ1) is 18.0. The second kappa shape index (κ2) is 11.3. The molecule has 1 saturated carbocycles. The SMILES string of the molecule is CCOCC1CCC(c2ccc(C(F)(F)Oc3cc(F)c(-c4ccc(F)c(F)c4)c(F)c3)c(F)c2F)CC1. The lowest BCUT2D eigenvalue weighted by atomic mass is 9.78. The molecule has 0 aliphatic heterocycles. The van der Waals surface area contributed by atoms with E-state index < -0.39 is 57.9 Å². The zero-order valence-corrected chi connectivity index (χ0v) is 20.3. The van der Waals surface area contributed by atoms with E-state index in [0.29, 0.717) is 62.3 Å². The van der Waals surface area contributed by atoms with Crippen LogP contribution < -0.4 is 4.74 Å². The predicted octanol–water partition coefficient (Wildman–Crippen LogP) is 8.63. The molecule has 2 nitrogen and oxygen atoms in total. The Morgan fingerprint density at radius 2 is 1.42 bits per heavy atom. The van der Waals surface area contributed by atoms with Crippen molar-refractivity contribution in [1.82, 2.24) is 0 Å². The standard InChI is InChI=1S/C28H24F8O2/c1-2-37-14-15-3-5-16(6-4-15)19-8-9-20(27(34)26(19)33)28(35,36)38-18-12-23(31)25(24(32)13-18)17-7-10-21(29)22(30)11-17/h7-13,15-16H,2-6,14H2,1H3. The molecular weight excluding hydrogens is 520 g/mol. The lowest BCUT2D eigenvalue weighted by molar-refractivity contribution is -0.187. The summed E-state index contributed by atoms with van der Waals surface area (Å²) in [6.07, 6.45) is -1.94. The molecule has 0 heterocycles. The predicted molar refractivity (Wildman–Crippen MR) is 124 cm³/mol. The van der Waals surface area contributed by atoms with Gasteiger partial charge in [0.05, 0.1) is 5.56 Å². The Morgan fingerprint density at radius 1 is 0.763 bits per heavy atom. The minimum atomic E-state index is -4.49. The largest absolute Gasteiger partial charge is 0.429 e. The molecule has 0 saturated heterocycles. The zero-order valence-electron chi connectivity index (χ0n) is 20.3. The fraction of sp³-hybridized carbons (Fsp3) is 0.357. The molecule has 204 valence electrons. The molecule has 0 aromatic heterocycles. The third-order valence-electron chi connectivity index (χ3n) is 6.74. The molecule has 3 aromatic rings. The molecular formula is C28H24F8O2. The van der Waals surface area contributed by atoms with Gasteiger partial charge in [-0.25, -0.2) is 26.3 Å². The zero-order chi connectivity index (χ0) is 27.6. The summed E-state index contributed by atoms with van der Waals surface area (Å²) in [4.78, 5) is 0. The maximum Gasteiger partial charge on any atom is 0.429 e. The van der Waals surface area contributed by atoms with E-state index >= 15 is 0 Å². The fourth-order valence-corrected chi connectivity index (χ4v) is 4.77. The third kappa shape index (κ3) is 5.80. The van der Waals surface area contributed by atoms with Gasteiger partial charge in [0.1, 0.15) is 22.9 Å². The second-order valence-corrected chi connectivity index (χ2v) is 9.22. The Balaban J connectivity index is 1.54. The van der Waals surface area contributed by atoms with Crippen LogP contribution in [0, 0.1) is 40.8 Å². The second-order valence-electron chi connectivity index (χ2n) is 9.22. The molecule has 0 unspecified atom stereocenters. The minimum Gasteiger partial charge on any atom is -0.429 e. The molecule has 1 aliphatic rings. The molecule has 3 aromatic carbocycles. The van der Waals surface area contributed by atoms with Gasteiger partial charge in [0.15, 0.2) is 23.3 Å². The molecule has 0 bridgehead atoms. The van der Waals surface area contributed by atoms with Crippen molar-refractivity contribution in [2.45, 2.75) is 44.6 Å². The van der Waals surface area contributed by atoms with E-state index in [-0.39, 0.29) is 17.0 Å². The van der Waals surface area contributed by atoms with Gasteiger partial charge in [0, 0.05) is 25.3 Å².